The third-order valence-electron chi connectivity index (χ3n) is 2.92. The summed E-state index contributed by atoms with van der Waals surface area (Å²) in [7, 11) is 0. The second kappa shape index (κ2) is 5.57. The van der Waals surface area contributed by atoms with Crippen molar-refractivity contribution in [3.05, 3.63) is 34.9 Å². The first-order valence-corrected chi connectivity index (χ1v) is 6.82. The maximum Gasteiger partial charge on any atom is 0.326 e. The number of anilines is 1. The maximum absolute atomic E-state index is 11.2. The van der Waals surface area contributed by atoms with Crippen molar-refractivity contribution in [2.24, 2.45) is 5.92 Å². The summed E-state index contributed by atoms with van der Waals surface area (Å²) >= 11 is 3.38. The minimum atomic E-state index is -0.857. The molecule has 0 saturated carbocycles. The molecule has 0 aliphatic rings. The van der Waals surface area contributed by atoms with Crippen molar-refractivity contribution >= 4 is 38.5 Å². The number of hydrogen-bond acceptors (Lipinski definition) is 3. The van der Waals surface area contributed by atoms with Gasteiger partial charge in [0.2, 0.25) is 0 Å². The summed E-state index contributed by atoms with van der Waals surface area (Å²) in [6.45, 7) is 3.75. The third kappa shape index (κ3) is 3.04. The Morgan fingerprint density at radius 1 is 1.42 bits per heavy atom. The molecule has 0 saturated heterocycles. The monoisotopic (exact) mass is 322 g/mol. The highest BCUT2D eigenvalue weighted by molar-refractivity contribution is 9.10. The van der Waals surface area contributed by atoms with E-state index >= 15 is 0 Å². The second-order valence-electron chi connectivity index (χ2n) is 4.74. The normalized spacial score (nSPS) is 12.6. The summed E-state index contributed by atoms with van der Waals surface area (Å²) in [5.41, 5.74) is 1.52. The Bertz CT molecular complexity index is 613. The predicted octanol–water partition coefficient (Wildman–Crippen LogP) is 3.52. The Morgan fingerprint density at radius 3 is 2.79 bits per heavy atom. The standard InChI is InChI=1S/C14H15BrN2O2/c1-8(2)12(14(18)19)17-11-5-3-4-9-6-10(15)7-16-13(9)11/h3-8,12,17H,1-2H3,(H,18,19). The van der Waals surface area contributed by atoms with Gasteiger partial charge in [-0.05, 0) is 34.0 Å². The number of hydrogen-bond donors (Lipinski definition) is 2. The van der Waals surface area contributed by atoms with Gasteiger partial charge in [-0.2, -0.15) is 0 Å². The Balaban J connectivity index is 2.42. The van der Waals surface area contributed by atoms with Crippen LogP contribution in [0.25, 0.3) is 10.9 Å². The van der Waals surface area contributed by atoms with Gasteiger partial charge in [0, 0.05) is 16.1 Å². The smallest absolute Gasteiger partial charge is 0.326 e. The number of carboxylic acids is 1. The Kier molecular flexibility index (Phi) is 4.04. The molecule has 0 spiro atoms. The fourth-order valence-corrected chi connectivity index (χ4v) is 2.28. The number of halogens is 1. The van der Waals surface area contributed by atoms with Crippen LogP contribution in [0.2, 0.25) is 0 Å². The molecule has 0 aliphatic carbocycles. The Labute approximate surface area is 120 Å². The van der Waals surface area contributed by atoms with E-state index < -0.39 is 12.0 Å². The van der Waals surface area contributed by atoms with Crippen LogP contribution in [0.5, 0.6) is 0 Å². The molecule has 100 valence electrons. The van der Waals surface area contributed by atoms with E-state index in [2.05, 4.69) is 26.2 Å². The number of aromatic nitrogens is 1. The van der Waals surface area contributed by atoms with E-state index in [0.29, 0.717) is 0 Å². The van der Waals surface area contributed by atoms with Crippen molar-refractivity contribution in [1.82, 2.24) is 4.98 Å². The van der Waals surface area contributed by atoms with Gasteiger partial charge in [-0.25, -0.2) is 4.79 Å². The molecule has 2 rings (SSSR count). The van der Waals surface area contributed by atoms with Crippen LogP contribution in [0.3, 0.4) is 0 Å². The van der Waals surface area contributed by atoms with Crippen LogP contribution >= 0.6 is 15.9 Å². The molecule has 0 bridgehead atoms. The van der Waals surface area contributed by atoms with Crippen molar-refractivity contribution in [2.45, 2.75) is 19.9 Å². The molecule has 0 amide bonds. The molecular weight excluding hydrogens is 308 g/mol. The number of nitrogens with one attached hydrogen (secondary N) is 1. The number of carbonyl (C=O) groups is 1. The molecule has 0 radical (unpaired) electrons. The lowest BCUT2D eigenvalue weighted by molar-refractivity contribution is -0.138. The maximum atomic E-state index is 11.2. The lowest BCUT2D eigenvalue weighted by Gasteiger charge is -2.19. The average molecular weight is 323 g/mol. The molecular formula is C14H15BrN2O2. The van der Waals surface area contributed by atoms with Crippen molar-refractivity contribution in [3.8, 4) is 0 Å². The molecule has 1 atom stereocenters. The van der Waals surface area contributed by atoms with Gasteiger partial charge in [0.1, 0.15) is 6.04 Å². The van der Waals surface area contributed by atoms with Crippen LogP contribution in [0.1, 0.15) is 13.8 Å². The number of pyridine rings is 1. The van der Waals surface area contributed by atoms with Crippen molar-refractivity contribution < 1.29 is 9.90 Å². The minimum Gasteiger partial charge on any atom is -0.480 e. The molecule has 4 nitrogen and oxygen atoms in total. The van der Waals surface area contributed by atoms with Gasteiger partial charge in [0.15, 0.2) is 0 Å². The van der Waals surface area contributed by atoms with E-state index in [4.69, 9.17) is 0 Å². The molecule has 0 fully saturated rings. The van der Waals surface area contributed by atoms with Crippen LogP contribution in [0.4, 0.5) is 5.69 Å². The summed E-state index contributed by atoms with van der Waals surface area (Å²) in [5, 5.41) is 13.3. The van der Waals surface area contributed by atoms with Gasteiger partial charge in [-0.3, -0.25) is 4.98 Å². The largest absolute Gasteiger partial charge is 0.480 e. The quantitative estimate of drug-likeness (QED) is 0.904. The molecule has 0 aliphatic heterocycles. The minimum absolute atomic E-state index is 0.0109. The van der Waals surface area contributed by atoms with Crippen molar-refractivity contribution in [3.63, 3.8) is 0 Å². The van der Waals surface area contributed by atoms with Crippen LogP contribution in [-0.2, 0) is 4.79 Å². The first-order valence-electron chi connectivity index (χ1n) is 6.02. The van der Waals surface area contributed by atoms with E-state index in [0.717, 1.165) is 21.1 Å². The van der Waals surface area contributed by atoms with Gasteiger partial charge >= 0.3 is 5.97 Å². The molecule has 5 heteroatoms. The van der Waals surface area contributed by atoms with Gasteiger partial charge in [0.05, 0.1) is 11.2 Å². The van der Waals surface area contributed by atoms with Crippen LogP contribution in [0.15, 0.2) is 34.9 Å². The molecule has 2 N–H and O–H groups in total. The number of aliphatic carboxylic acids is 1. The number of carboxylic acid groups (broad SMARTS) is 1. The highest BCUT2D eigenvalue weighted by atomic mass is 79.9. The first-order chi connectivity index (χ1) is 8.99. The molecule has 1 unspecified atom stereocenters. The number of benzene rings is 1. The number of rotatable bonds is 4. The first kappa shape index (κ1) is 13.8. The van der Waals surface area contributed by atoms with E-state index in [9.17, 15) is 9.90 Å². The molecule has 2 aromatic rings. The van der Waals surface area contributed by atoms with E-state index in [1.54, 1.807) is 6.20 Å². The zero-order valence-corrected chi connectivity index (χ0v) is 12.3. The fraction of sp³-hybridized carbons (Fsp3) is 0.286. The summed E-state index contributed by atoms with van der Waals surface area (Å²) in [6.07, 6.45) is 1.71. The van der Waals surface area contributed by atoms with Gasteiger partial charge in [-0.15, -0.1) is 0 Å². The summed E-state index contributed by atoms with van der Waals surface area (Å²) in [4.78, 5) is 15.6. The lowest BCUT2D eigenvalue weighted by atomic mass is 10.0. The van der Waals surface area contributed by atoms with Crippen LogP contribution in [-0.4, -0.2) is 22.1 Å². The van der Waals surface area contributed by atoms with Gasteiger partial charge in [-0.1, -0.05) is 26.0 Å². The van der Waals surface area contributed by atoms with E-state index in [-0.39, 0.29) is 5.92 Å². The second-order valence-corrected chi connectivity index (χ2v) is 5.65. The summed E-state index contributed by atoms with van der Waals surface area (Å²) < 4.78 is 0.899. The fourth-order valence-electron chi connectivity index (χ4n) is 1.93. The highest BCUT2D eigenvalue weighted by Gasteiger charge is 2.21. The van der Waals surface area contributed by atoms with Gasteiger partial charge < -0.3 is 10.4 Å². The van der Waals surface area contributed by atoms with Crippen LogP contribution < -0.4 is 5.32 Å². The number of nitrogens with zero attached hydrogens (tertiary/aromatic N) is 1. The topological polar surface area (TPSA) is 62.2 Å². The Morgan fingerprint density at radius 2 is 2.16 bits per heavy atom. The molecule has 1 aromatic heterocycles. The zero-order valence-electron chi connectivity index (χ0n) is 10.7. The van der Waals surface area contributed by atoms with E-state index in [1.165, 1.54) is 0 Å². The predicted molar refractivity (Wildman–Crippen MR) is 79.3 cm³/mol. The van der Waals surface area contributed by atoms with Gasteiger partial charge in [0.25, 0.3) is 0 Å². The van der Waals surface area contributed by atoms with Crippen molar-refractivity contribution in [2.75, 3.05) is 5.32 Å². The number of fused-ring (bicyclic) bond motifs is 1. The van der Waals surface area contributed by atoms with Crippen molar-refractivity contribution in [1.29, 1.82) is 0 Å². The molecule has 19 heavy (non-hydrogen) atoms. The van der Waals surface area contributed by atoms with E-state index in [1.807, 2.05) is 38.1 Å². The summed E-state index contributed by atoms with van der Waals surface area (Å²) in [5.74, 6) is -0.868. The Hall–Kier alpha value is -1.62. The lowest BCUT2D eigenvalue weighted by Crippen LogP contribution is -2.34. The number of para-hydroxylation sites is 1. The molecule has 1 aromatic carbocycles. The SMILES string of the molecule is CC(C)C(Nc1cccc2cc(Br)cnc12)C(=O)O. The zero-order chi connectivity index (χ0) is 14.0. The third-order valence-corrected chi connectivity index (χ3v) is 3.35. The summed E-state index contributed by atoms with van der Waals surface area (Å²) in [6, 6.07) is 7.01. The highest BCUT2D eigenvalue weighted by Crippen LogP contribution is 2.25. The van der Waals surface area contributed by atoms with Crippen LogP contribution in [0, 0.1) is 5.92 Å². The molecule has 1 heterocycles. The average Bonchev–Trinajstić information content (AvgIpc) is 2.34.